The molecule has 0 unspecified atom stereocenters. The van der Waals surface area contributed by atoms with Gasteiger partial charge in [0.2, 0.25) is 0 Å². The van der Waals surface area contributed by atoms with E-state index in [9.17, 15) is 14.7 Å². The third-order valence-corrected chi connectivity index (χ3v) is 4.68. The van der Waals surface area contributed by atoms with Crippen LogP contribution in [0.2, 0.25) is 0 Å². The van der Waals surface area contributed by atoms with Crippen molar-refractivity contribution in [2.24, 2.45) is 5.92 Å². The largest absolute Gasteiger partial charge is 0.480 e. The average molecular weight is 355 g/mol. The molecule has 0 radical (unpaired) electrons. The number of carbonyl (C=O) groups excluding carboxylic acids is 1. The Labute approximate surface area is 153 Å². The maximum atomic E-state index is 13.1. The van der Waals surface area contributed by atoms with Crippen LogP contribution in [-0.2, 0) is 17.6 Å². The third kappa shape index (κ3) is 3.49. The minimum Gasteiger partial charge on any atom is -0.480 e. The summed E-state index contributed by atoms with van der Waals surface area (Å²) in [6.07, 6.45) is 2.68. The maximum Gasteiger partial charge on any atom is 0.323 e. The summed E-state index contributed by atoms with van der Waals surface area (Å²) in [6, 6.07) is 7.96. The Bertz CT molecular complexity index is 839. The first-order valence-electron chi connectivity index (χ1n) is 9.06. The molecule has 0 saturated heterocycles. The number of benzene rings is 1. The maximum absolute atomic E-state index is 13.1. The van der Waals surface area contributed by atoms with E-state index in [1.807, 2.05) is 49.7 Å². The summed E-state index contributed by atoms with van der Waals surface area (Å²) >= 11 is 0. The Morgan fingerprint density at radius 3 is 2.65 bits per heavy atom. The van der Waals surface area contributed by atoms with Crippen LogP contribution in [0.25, 0.3) is 5.69 Å². The highest BCUT2D eigenvalue weighted by molar-refractivity contribution is 5.96. The van der Waals surface area contributed by atoms with Crippen LogP contribution in [0.1, 0.15) is 47.6 Å². The summed E-state index contributed by atoms with van der Waals surface area (Å²) in [5, 5.41) is 13.8. The molecule has 0 fully saturated rings. The van der Waals surface area contributed by atoms with Crippen molar-refractivity contribution in [1.29, 1.82) is 0 Å². The number of hydrogen-bond acceptors (Lipinski definition) is 3. The summed E-state index contributed by atoms with van der Waals surface area (Å²) < 4.78 is 1.87. The molecule has 1 aliphatic carbocycles. The monoisotopic (exact) mass is 355 g/mol. The van der Waals surface area contributed by atoms with Gasteiger partial charge < -0.3 is 10.0 Å². The lowest BCUT2D eigenvalue weighted by Crippen LogP contribution is -2.38. The van der Waals surface area contributed by atoms with Gasteiger partial charge in [-0.1, -0.05) is 32.0 Å². The van der Waals surface area contributed by atoms with E-state index in [-0.39, 0.29) is 18.4 Å². The van der Waals surface area contributed by atoms with Crippen LogP contribution in [0.3, 0.4) is 0 Å². The zero-order chi connectivity index (χ0) is 18.8. The molecular weight excluding hydrogens is 330 g/mol. The summed E-state index contributed by atoms with van der Waals surface area (Å²) in [6.45, 7) is 6.06. The molecule has 1 amide bonds. The van der Waals surface area contributed by atoms with Crippen LogP contribution in [0.5, 0.6) is 0 Å². The molecule has 0 saturated carbocycles. The van der Waals surface area contributed by atoms with Gasteiger partial charge in [-0.2, -0.15) is 5.10 Å². The number of carboxylic acids is 1. The van der Waals surface area contributed by atoms with Crippen LogP contribution < -0.4 is 0 Å². The SMILES string of the molecule is Cc1ccccc1-n1nc(C(=O)N(CC(=O)O)CC(C)C)c2c1CCC2. The number of aryl methyl sites for hydroxylation is 1. The fourth-order valence-corrected chi connectivity index (χ4v) is 3.58. The molecule has 6 heteroatoms. The van der Waals surface area contributed by atoms with Crippen molar-refractivity contribution in [3.8, 4) is 5.69 Å². The fraction of sp³-hybridized carbons (Fsp3) is 0.450. The van der Waals surface area contributed by atoms with Gasteiger partial charge in [0.25, 0.3) is 5.91 Å². The molecule has 0 spiro atoms. The van der Waals surface area contributed by atoms with Crippen LogP contribution in [0, 0.1) is 12.8 Å². The lowest BCUT2D eigenvalue weighted by Gasteiger charge is -2.22. The van der Waals surface area contributed by atoms with Gasteiger partial charge in [-0.05, 0) is 43.7 Å². The normalized spacial score (nSPS) is 13.1. The number of rotatable bonds is 6. The highest BCUT2D eigenvalue weighted by Crippen LogP contribution is 2.29. The van der Waals surface area contributed by atoms with Crippen LogP contribution >= 0.6 is 0 Å². The molecule has 138 valence electrons. The Morgan fingerprint density at radius 2 is 2.00 bits per heavy atom. The van der Waals surface area contributed by atoms with E-state index in [4.69, 9.17) is 0 Å². The highest BCUT2D eigenvalue weighted by Gasteiger charge is 2.30. The van der Waals surface area contributed by atoms with Crippen molar-refractivity contribution < 1.29 is 14.7 Å². The first kappa shape index (κ1) is 18.2. The molecule has 0 aliphatic heterocycles. The Morgan fingerprint density at radius 1 is 1.27 bits per heavy atom. The second-order valence-corrected chi connectivity index (χ2v) is 7.30. The molecule has 1 aromatic carbocycles. The summed E-state index contributed by atoms with van der Waals surface area (Å²) in [4.78, 5) is 25.7. The van der Waals surface area contributed by atoms with E-state index in [1.165, 1.54) is 4.90 Å². The highest BCUT2D eigenvalue weighted by atomic mass is 16.4. The van der Waals surface area contributed by atoms with Gasteiger partial charge in [0.15, 0.2) is 5.69 Å². The van der Waals surface area contributed by atoms with Gasteiger partial charge in [-0.25, -0.2) is 4.68 Å². The fourth-order valence-electron chi connectivity index (χ4n) is 3.58. The summed E-state index contributed by atoms with van der Waals surface area (Å²) in [5.41, 5.74) is 4.51. The standard InChI is InChI=1S/C20H25N3O3/c1-13(2)11-22(12-18(24)25)20(26)19-15-8-6-10-17(15)23(21-19)16-9-5-4-7-14(16)3/h4-5,7,9,13H,6,8,10-12H2,1-3H3,(H,24,25). The Hall–Kier alpha value is -2.63. The van der Waals surface area contributed by atoms with Crippen molar-refractivity contribution >= 4 is 11.9 Å². The quantitative estimate of drug-likeness (QED) is 0.864. The van der Waals surface area contributed by atoms with E-state index in [1.54, 1.807) is 0 Å². The second kappa shape index (κ2) is 7.32. The molecule has 26 heavy (non-hydrogen) atoms. The van der Waals surface area contributed by atoms with E-state index >= 15 is 0 Å². The zero-order valence-electron chi connectivity index (χ0n) is 15.5. The number of nitrogens with zero attached hydrogens (tertiary/aromatic N) is 3. The molecule has 0 atom stereocenters. The Kier molecular flexibility index (Phi) is 5.11. The van der Waals surface area contributed by atoms with E-state index in [0.29, 0.717) is 12.2 Å². The number of carbonyl (C=O) groups is 2. The Balaban J connectivity index is 2.03. The number of hydrogen-bond donors (Lipinski definition) is 1. The van der Waals surface area contributed by atoms with E-state index in [2.05, 4.69) is 5.10 Å². The van der Waals surface area contributed by atoms with Gasteiger partial charge in [-0.15, -0.1) is 0 Å². The minimum atomic E-state index is -1.01. The molecule has 2 aromatic rings. The first-order valence-corrected chi connectivity index (χ1v) is 9.06. The number of aliphatic carboxylic acids is 1. The summed E-state index contributed by atoms with van der Waals surface area (Å²) in [5.74, 6) is -1.11. The number of aromatic nitrogens is 2. The molecule has 6 nitrogen and oxygen atoms in total. The van der Waals surface area contributed by atoms with Gasteiger partial charge in [0.1, 0.15) is 6.54 Å². The van der Waals surface area contributed by atoms with Gasteiger partial charge in [-0.3, -0.25) is 9.59 Å². The third-order valence-electron chi connectivity index (χ3n) is 4.68. The van der Waals surface area contributed by atoms with Crippen LogP contribution in [-0.4, -0.2) is 44.8 Å². The van der Waals surface area contributed by atoms with E-state index < -0.39 is 5.97 Å². The number of amides is 1. The minimum absolute atomic E-state index is 0.185. The average Bonchev–Trinajstić information content (AvgIpc) is 3.16. The molecule has 1 aromatic heterocycles. The predicted octanol–water partition coefficient (Wildman–Crippen LogP) is 2.85. The number of fused-ring (bicyclic) bond motifs is 1. The first-order chi connectivity index (χ1) is 12.4. The number of carboxylic acid groups (broad SMARTS) is 1. The van der Waals surface area contributed by atoms with Gasteiger partial charge in [0.05, 0.1) is 5.69 Å². The molecule has 0 bridgehead atoms. The van der Waals surface area contributed by atoms with E-state index in [0.717, 1.165) is 41.8 Å². The molecule has 1 heterocycles. The molecule has 1 aliphatic rings. The molecule has 3 rings (SSSR count). The smallest absolute Gasteiger partial charge is 0.323 e. The van der Waals surface area contributed by atoms with Gasteiger partial charge >= 0.3 is 5.97 Å². The van der Waals surface area contributed by atoms with Gasteiger partial charge in [0, 0.05) is 17.8 Å². The van der Waals surface area contributed by atoms with Crippen molar-refractivity contribution in [1.82, 2.24) is 14.7 Å². The van der Waals surface area contributed by atoms with Crippen LogP contribution in [0.15, 0.2) is 24.3 Å². The van der Waals surface area contributed by atoms with Crippen molar-refractivity contribution in [3.05, 3.63) is 46.8 Å². The lowest BCUT2D eigenvalue weighted by atomic mass is 10.1. The molecular formula is C20H25N3O3. The zero-order valence-corrected chi connectivity index (χ0v) is 15.5. The van der Waals surface area contributed by atoms with Crippen LogP contribution in [0.4, 0.5) is 0 Å². The summed E-state index contributed by atoms with van der Waals surface area (Å²) in [7, 11) is 0. The second-order valence-electron chi connectivity index (χ2n) is 7.30. The molecule has 1 N–H and O–H groups in total. The topological polar surface area (TPSA) is 75.4 Å². The van der Waals surface area contributed by atoms with Crippen molar-refractivity contribution in [2.45, 2.75) is 40.0 Å². The lowest BCUT2D eigenvalue weighted by molar-refractivity contribution is -0.137. The van der Waals surface area contributed by atoms with Crippen molar-refractivity contribution in [2.75, 3.05) is 13.1 Å². The predicted molar refractivity (Wildman–Crippen MR) is 98.7 cm³/mol. The van der Waals surface area contributed by atoms with Crippen molar-refractivity contribution in [3.63, 3.8) is 0 Å². The number of para-hydroxylation sites is 1.